The molecule has 2 aromatic heterocycles. The first-order valence-corrected chi connectivity index (χ1v) is 9.30. The molecule has 7 heteroatoms. The molecule has 0 radical (unpaired) electrons. The fourth-order valence-corrected chi connectivity index (χ4v) is 3.10. The average molecular weight is 331 g/mol. The highest BCUT2D eigenvalue weighted by Crippen LogP contribution is 2.27. The van der Waals surface area contributed by atoms with Crippen molar-refractivity contribution in [2.24, 2.45) is 7.05 Å². The lowest BCUT2D eigenvalue weighted by Gasteiger charge is -2.13. The number of nitrogens with zero attached hydrogens (tertiary/aromatic N) is 4. The summed E-state index contributed by atoms with van der Waals surface area (Å²) in [5, 5.41) is 4.51. The Morgan fingerprint density at radius 3 is 2.57 bits per heavy atom. The zero-order valence-corrected chi connectivity index (χ0v) is 14.8. The van der Waals surface area contributed by atoms with Gasteiger partial charge in [0.25, 0.3) is 0 Å². The summed E-state index contributed by atoms with van der Waals surface area (Å²) in [4.78, 5) is 4.70. The maximum absolute atomic E-state index is 11.5. The van der Waals surface area contributed by atoms with Crippen LogP contribution >= 0.6 is 11.6 Å². The molecule has 0 spiro atoms. The van der Waals surface area contributed by atoms with E-state index in [0.717, 1.165) is 42.1 Å². The summed E-state index contributed by atoms with van der Waals surface area (Å²) >= 11 is 6.29. The topological polar surface area (TPSA) is 52.7 Å². The van der Waals surface area contributed by atoms with Gasteiger partial charge in [-0.3, -0.25) is 8.89 Å². The molecule has 0 aliphatic carbocycles. The van der Waals surface area contributed by atoms with Crippen LogP contribution in [0.1, 0.15) is 44.1 Å². The monoisotopic (exact) mass is 330 g/mol. The minimum atomic E-state index is -0.814. The molecule has 0 fully saturated rings. The molecule has 0 amide bonds. The fraction of sp³-hybridized carbons (Fsp3) is 0.714. The third kappa shape index (κ3) is 3.16. The van der Waals surface area contributed by atoms with E-state index in [4.69, 9.17) is 16.6 Å². The molecule has 3 unspecified atom stereocenters. The summed E-state index contributed by atoms with van der Waals surface area (Å²) in [6, 6.07) is 0. The van der Waals surface area contributed by atoms with E-state index < -0.39 is 10.8 Å². The van der Waals surface area contributed by atoms with Gasteiger partial charge in [0.1, 0.15) is 11.3 Å². The number of hydrogen-bond donors (Lipinski definition) is 0. The molecule has 118 valence electrons. The molecule has 2 rings (SSSR count). The summed E-state index contributed by atoms with van der Waals surface area (Å²) in [6.45, 7) is 6.77. The average Bonchev–Trinajstić information content (AvgIpc) is 2.94. The number of rotatable bonds is 6. The summed E-state index contributed by atoms with van der Waals surface area (Å²) in [5.41, 5.74) is 2.94. The SMILES string of the molecule is CCc1nn(C)c2c1nc(C(C)Cl)n2CCC(C)S(C)=O. The van der Waals surface area contributed by atoms with Gasteiger partial charge in [-0.05, 0) is 19.8 Å². The van der Waals surface area contributed by atoms with Crippen LogP contribution < -0.4 is 0 Å². The maximum Gasteiger partial charge on any atom is 0.158 e. The molecular formula is C14H23ClN4OS. The van der Waals surface area contributed by atoms with Crippen LogP contribution in [0.3, 0.4) is 0 Å². The predicted octanol–water partition coefficient (Wildman–Crippen LogP) is 2.79. The van der Waals surface area contributed by atoms with Gasteiger partial charge >= 0.3 is 0 Å². The maximum atomic E-state index is 11.5. The van der Waals surface area contributed by atoms with Gasteiger partial charge in [0.2, 0.25) is 0 Å². The molecule has 5 nitrogen and oxygen atoms in total. The molecule has 0 aromatic carbocycles. The van der Waals surface area contributed by atoms with Gasteiger partial charge in [-0.15, -0.1) is 11.6 Å². The number of alkyl halides is 1. The van der Waals surface area contributed by atoms with Crippen molar-refractivity contribution in [3.05, 3.63) is 11.5 Å². The van der Waals surface area contributed by atoms with Gasteiger partial charge in [-0.2, -0.15) is 5.10 Å². The van der Waals surface area contributed by atoms with E-state index in [1.807, 2.05) is 25.6 Å². The molecule has 2 heterocycles. The third-order valence-electron chi connectivity index (χ3n) is 3.84. The number of halogens is 1. The number of imidazole rings is 1. The minimum absolute atomic E-state index is 0.153. The molecule has 0 aliphatic rings. The Balaban J connectivity index is 2.46. The Labute approximate surface area is 133 Å². The van der Waals surface area contributed by atoms with Crippen molar-refractivity contribution in [2.45, 2.75) is 50.8 Å². The van der Waals surface area contributed by atoms with Crippen LogP contribution in [-0.2, 0) is 30.8 Å². The van der Waals surface area contributed by atoms with Crippen LogP contribution in [0, 0.1) is 0 Å². The summed E-state index contributed by atoms with van der Waals surface area (Å²) < 4.78 is 15.5. The predicted molar refractivity (Wildman–Crippen MR) is 88.3 cm³/mol. The Kier molecular flexibility index (Phi) is 5.09. The lowest BCUT2D eigenvalue weighted by atomic mass is 10.3. The molecule has 0 N–H and O–H groups in total. The molecule has 0 saturated carbocycles. The van der Waals surface area contributed by atoms with Crippen LogP contribution in [0.2, 0.25) is 0 Å². The van der Waals surface area contributed by atoms with Crippen molar-refractivity contribution in [3.63, 3.8) is 0 Å². The van der Waals surface area contributed by atoms with E-state index >= 15 is 0 Å². The molecular weight excluding hydrogens is 308 g/mol. The zero-order valence-electron chi connectivity index (χ0n) is 13.3. The zero-order chi connectivity index (χ0) is 15.7. The highest BCUT2D eigenvalue weighted by Gasteiger charge is 2.21. The normalized spacial score (nSPS) is 16.3. The summed E-state index contributed by atoms with van der Waals surface area (Å²) in [6.07, 6.45) is 3.43. The van der Waals surface area contributed by atoms with E-state index in [2.05, 4.69) is 16.6 Å². The highest BCUT2D eigenvalue weighted by atomic mass is 35.5. The first-order valence-electron chi connectivity index (χ1n) is 7.25. The van der Waals surface area contributed by atoms with Gasteiger partial charge < -0.3 is 4.57 Å². The number of aromatic nitrogens is 4. The molecule has 0 saturated heterocycles. The largest absolute Gasteiger partial charge is 0.312 e. The van der Waals surface area contributed by atoms with Crippen molar-refractivity contribution in [1.29, 1.82) is 0 Å². The smallest absolute Gasteiger partial charge is 0.158 e. The summed E-state index contributed by atoms with van der Waals surface area (Å²) in [5.74, 6) is 0.864. The quantitative estimate of drug-likeness (QED) is 0.765. The second-order valence-electron chi connectivity index (χ2n) is 5.43. The lowest BCUT2D eigenvalue weighted by molar-refractivity contribution is 0.592. The van der Waals surface area contributed by atoms with Crippen molar-refractivity contribution in [3.8, 4) is 0 Å². The first-order chi connectivity index (χ1) is 9.86. The number of fused-ring (bicyclic) bond motifs is 1. The second-order valence-corrected chi connectivity index (χ2v) is 7.89. The van der Waals surface area contributed by atoms with Crippen molar-refractivity contribution in [1.82, 2.24) is 19.3 Å². The lowest BCUT2D eigenvalue weighted by Crippen LogP contribution is -2.15. The molecule has 0 bridgehead atoms. The van der Waals surface area contributed by atoms with E-state index in [-0.39, 0.29) is 10.6 Å². The van der Waals surface area contributed by atoms with Gasteiger partial charge in [0.05, 0.1) is 11.1 Å². The standard InChI is InChI=1S/C14H23ClN4OS/c1-6-11-12-14(18(4)17-11)19(13(16-12)10(3)15)8-7-9(2)21(5)20/h9-10H,6-8H2,1-5H3. The van der Waals surface area contributed by atoms with Crippen molar-refractivity contribution in [2.75, 3.05) is 6.26 Å². The molecule has 3 atom stereocenters. The molecule has 21 heavy (non-hydrogen) atoms. The van der Waals surface area contributed by atoms with E-state index in [0.29, 0.717) is 0 Å². The van der Waals surface area contributed by atoms with E-state index in [9.17, 15) is 4.21 Å². The first kappa shape index (κ1) is 16.5. The minimum Gasteiger partial charge on any atom is -0.312 e. The molecule has 0 aliphatic heterocycles. The van der Waals surface area contributed by atoms with Crippen molar-refractivity contribution < 1.29 is 4.21 Å². The van der Waals surface area contributed by atoms with Crippen LogP contribution in [-0.4, -0.2) is 35.0 Å². The fourth-order valence-electron chi connectivity index (χ4n) is 2.50. The van der Waals surface area contributed by atoms with Gasteiger partial charge in [-0.25, -0.2) is 4.98 Å². The summed E-state index contributed by atoms with van der Waals surface area (Å²) in [7, 11) is 1.12. The van der Waals surface area contributed by atoms with Crippen LogP contribution in [0.5, 0.6) is 0 Å². The highest BCUT2D eigenvalue weighted by molar-refractivity contribution is 7.84. The van der Waals surface area contributed by atoms with Gasteiger partial charge in [0.15, 0.2) is 5.65 Å². The van der Waals surface area contributed by atoms with Crippen LogP contribution in [0.15, 0.2) is 0 Å². The number of hydrogen-bond acceptors (Lipinski definition) is 3. The number of aryl methyl sites for hydroxylation is 3. The van der Waals surface area contributed by atoms with E-state index in [1.165, 1.54) is 0 Å². The molecule has 2 aromatic rings. The third-order valence-corrected chi connectivity index (χ3v) is 5.40. The second kappa shape index (κ2) is 6.48. The van der Waals surface area contributed by atoms with Crippen molar-refractivity contribution >= 4 is 33.6 Å². The Hall–Kier alpha value is -0.880. The van der Waals surface area contributed by atoms with Gasteiger partial charge in [-0.1, -0.05) is 13.8 Å². The Morgan fingerprint density at radius 1 is 1.38 bits per heavy atom. The van der Waals surface area contributed by atoms with Crippen LogP contribution in [0.25, 0.3) is 11.2 Å². The Morgan fingerprint density at radius 2 is 2.05 bits per heavy atom. The van der Waals surface area contributed by atoms with Gasteiger partial charge in [0, 0.05) is 35.9 Å². The Bertz CT molecular complexity index is 662. The van der Waals surface area contributed by atoms with E-state index in [1.54, 1.807) is 6.26 Å². The van der Waals surface area contributed by atoms with Crippen LogP contribution in [0.4, 0.5) is 0 Å².